The van der Waals surface area contributed by atoms with Gasteiger partial charge in [0, 0.05) is 12.1 Å². The van der Waals surface area contributed by atoms with Crippen molar-refractivity contribution in [3.05, 3.63) is 89.5 Å². The van der Waals surface area contributed by atoms with Crippen LogP contribution in [0, 0.1) is 0 Å². The largest absolute Gasteiger partial charge is 0.573 e. The van der Waals surface area contributed by atoms with Crippen LogP contribution in [-0.4, -0.2) is 35.0 Å². The summed E-state index contributed by atoms with van der Waals surface area (Å²) in [7, 11) is 0. The quantitative estimate of drug-likeness (QED) is 0.460. The summed E-state index contributed by atoms with van der Waals surface area (Å²) in [5.74, 6) is -1.76. The molecule has 3 N–H and O–H groups in total. The van der Waals surface area contributed by atoms with E-state index in [1.165, 1.54) is 36.4 Å². The van der Waals surface area contributed by atoms with E-state index >= 15 is 0 Å². The van der Waals surface area contributed by atoms with Crippen molar-refractivity contribution < 1.29 is 37.7 Å². The summed E-state index contributed by atoms with van der Waals surface area (Å²) >= 11 is 0. The lowest BCUT2D eigenvalue weighted by Gasteiger charge is -2.14. The number of benzene rings is 3. The van der Waals surface area contributed by atoms with Crippen LogP contribution < -0.4 is 10.1 Å². The number of ether oxygens (including phenoxy) is 1. The molecule has 3 aromatic carbocycles. The standard InChI is InChI=1S/C24H20F3NO5/c25-24(26,27)33-20-10-8-15(9-11-20)18-2-1-3-19(14-18)22(31)16-4-6-17(7-5-16)23(32)28-13-12-21(29)30/h1-11,14,22,31H,12-13H2,(H,28,32)(H,29,30). The van der Waals surface area contributed by atoms with E-state index in [0.717, 1.165) is 0 Å². The smallest absolute Gasteiger partial charge is 0.481 e. The molecule has 1 amide bonds. The van der Waals surface area contributed by atoms with Crippen LogP contribution in [0.25, 0.3) is 11.1 Å². The van der Waals surface area contributed by atoms with Crippen LogP contribution in [0.3, 0.4) is 0 Å². The van der Waals surface area contributed by atoms with Gasteiger partial charge in [-0.1, -0.05) is 42.5 Å². The third kappa shape index (κ3) is 6.81. The first-order valence-electron chi connectivity index (χ1n) is 9.86. The molecule has 0 spiro atoms. The number of hydrogen-bond donors (Lipinski definition) is 3. The lowest BCUT2D eigenvalue weighted by atomic mass is 9.96. The average Bonchev–Trinajstić information content (AvgIpc) is 2.78. The molecule has 33 heavy (non-hydrogen) atoms. The van der Waals surface area contributed by atoms with Gasteiger partial charge in [-0.05, 0) is 52.6 Å². The van der Waals surface area contributed by atoms with Gasteiger partial charge in [0.1, 0.15) is 11.9 Å². The van der Waals surface area contributed by atoms with Gasteiger partial charge in [0.15, 0.2) is 0 Å². The maximum atomic E-state index is 12.3. The highest BCUT2D eigenvalue weighted by molar-refractivity contribution is 5.94. The van der Waals surface area contributed by atoms with Crippen LogP contribution in [-0.2, 0) is 4.79 Å². The zero-order valence-corrected chi connectivity index (χ0v) is 17.2. The van der Waals surface area contributed by atoms with Gasteiger partial charge >= 0.3 is 12.3 Å². The Balaban J connectivity index is 1.71. The summed E-state index contributed by atoms with van der Waals surface area (Å²) in [5, 5.41) is 21.9. The molecule has 1 atom stereocenters. The number of aliphatic carboxylic acids is 1. The second kappa shape index (κ2) is 10.2. The first-order valence-corrected chi connectivity index (χ1v) is 9.86. The Labute approximate surface area is 187 Å². The Kier molecular flexibility index (Phi) is 7.34. The predicted molar refractivity (Wildman–Crippen MR) is 114 cm³/mol. The third-order valence-electron chi connectivity index (χ3n) is 4.74. The van der Waals surface area contributed by atoms with E-state index in [4.69, 9.17) is 5.11 Å². The second-order valence-electron chi connectivity index (χ2n) is 7.12. The van der Waals surface area contributed by atoms with E-state index in [1.807, 2.05) is 0 Å². The van der Waals surface area contributed by atoms with Gasteiger partial charge in [0.25, 0.3) is 5.91 Å². The predicted octanol–water partition coefficient (Wildman–Crippen LogP) is 4.54. The number of carboxylic acid groups (broad SMARTS) is 1. The number of alkyl halides is 3. The Morgan fingerprint density at radius 3 is 2.18 bits per heavy atom. The molecule has 0 aliphatic rings. The summed E-state index contributed by atoms with van der Waals surface area (Å²) in [6.07, 6.45) is -5.95. The van der Waals surface area contributed by atoms with E-state index in [1.54, 1.807) is 36.4 Å². The van der Waals surface area contributed by atoms with E-state index in [-0.39, 0.29) is 18.7 Å². The number of carbonyl (C=O) groups is 2. The summed E-state index contributed by atoms with van der Waals surface area (Å²) in [5.41, 5.74) is 2.75. The minimum Gasteiger partial charge on any atom is -0.481 e. The first-order chi connectivity index (χ1) is 15.6. The van der Waals surface area contributed by atoms with E-state index in [2.05, 4.69) is 10.1 Å². The van der Waals surface area contributed by atoms with Crippen molar-refractivity contribution in [2.75, 3.05) is 6.54 Å². The highest BCUT2D eigenvalue weighted by atomic mass is 19.4. The van der Waals surface area contributed by atoms with Gasteiger partial charge in [0.2, 0.25) is 0 Å². The molecule has 0 aliphatic carbocycles. The van der Waals surface area contributed by atoms with Crippen LogP contribution in [0.5, 0.6) is 5.75 Å². The first kappa shape index (κ1) is 23.8. The molecule has 172 valence electrons. The fourth-order valence-corrected chi connectivity index (χ4v) is 3.13. The Bertz CT molecular complexity index is 1110. The minimum absolute atomic E-state index is 0.00858. The van der Waals surface area contributed by atoms with Crippen LogP contribution in [0.15, 0.2) is 72.8 Å². The molecular weight excluding hydrogens is 439 g/mol. The molecule has 0 heterocycles. The maximum Gasteiger partial charge on any atom is 0.573 e. The maximum absolute atomic E-state index is 12.3. The molecule has 0 aromatic heterocycles. The number of carbonyl (C=O) groups excluding carboxylic acids is 1. The summed E-state index contributed by atoms with van der Waals surface area (Å²) in [6.45, 7) is 0.00858. The number of aliphatic hydroxyl groups is 1. The number of hydrogen-bond acceptors (Lipinski definition) is 4. The molecule has 3 rings (SSSR count). The van der Waals surface area contributed by atoms with Crippen molar-refractivity contribution in [3.8, 4) is 16.9 Å². The van der Waals surface area contributed by atoms with E-state index in [9.17, 15) is 27.9 Å². The number of rotatable bonds is 8. The van der Waals surface area contributed by atoms with Crippen LogP contribution in [0.4, 0.5) is 13.2 Å². The fraction of sp³-hybridized carbons (Fsp3) is 0.167. The Hall–Kier alpha value is -3.85. The summed E-state index contributed by atoms with van der Waals surface area (Å²) in [6, 6.07) is 18.6. The number of nitrogens with one attached hydrogen (secondary N) is 1. The Morgan fingerprint density at radius 1 is 0.909 bits per heavy atom. The number of halogens is 3. The third-order valence-corrected chi connectivity index (χ3v) is 4.74. The molecule has 3 aromatic rings. The second-order valence-corrected chi connectivity index (χ2v) is 7.12. The normalized spacial score (nSPS) is 12.1. The molecular formula is C24H20F3NO5. The number of amides is 1. The van der Waals surface area contributed by atoms with Crippen molar-refractivity contribution in [1.29, 1.82) is 0 Å². The molecule has 0 fully saturated rings. The number of aliphatic hydroxyl groups excluding tert-OH is 1. The van der Waals surface area contributed by atoms with Gasteiger partial charge in [0.05, 0.1) is 6.42 Å². The van der Waals surface area contributed by atoms with Gasteiger partial charge in [-0.15, -0.1) is 13.2 Å². The zero-order chi connectivity index (χ0) is 24.0. The highest BCUT2D eigenvalue weighted by Gasteiger charge is 2.31. The van der Waals surface area contributed by atoms with Crippen LogP contribution in [0.2, 0.25) is 0 Å². The Morgan fingerprint density at radius 2 is 1.58 bits per heavy atom. The van der Waals surface area contributed by atoms with Gasteiger partial charge < -0.3 is 20.3 Å². The topological polar surface area (TPSA) is 95.9 Å². The van der Waals surface area contributed by atoms with Crippen molar-refractivity contribution >= 4 is 11.9 Å². The van der Waals surface area contributed by atoms with Crippen molar-refractivity contribution in [1.82, 2.24) is 5.32 Å². The molecule has 9 heteroatoms. The molecule has 0 radical (unpaired) electrons. The SMILES string of the molecule is O=C(O)CCNC(=O)c1ccc(C(O)c2cccc(-c3ccc(OC(F)(F)F)cc3)c2)cc1. The van der Waals surface area contributed by atoms with Gasteiger partial charge in [-0.3, -0.25) is 9.59 Å². The lowest BCUT2D eigenvalue weighted by molar-refractivity contribution is -0.274. The summed E-state index contributed by atoms with van der Waals surface area (Å²) in [4.78, 5) is 22.6. The molecule has 0 saturated carbocycles. The minimum atomic E-state index is -4.76. The molecule has 0 aliphatic heterocycles. The van der Waals surface area contributed by atoms with Gasteiger partial charge in [-0.2, -0.15) is 0 Å². The molecule has 0 saturated heterocycles. The lowest BCUT2D eigenvalue weighted by Crippen LogP contribution is -2.25. The molecule has 0 bridgehead atoms. The zero-order valence-electron chi connectivity index (χ0n) is 17.2. The van der Waals surface area contributed by atoms with E-state index in [0.29, 0.717) is 27.8 Å². The molecule has 6 nitrogen and oxygen atoms in total. The van der Waals surface area contributed by atoms with Crippen molar-refractivity contribution in [2.24, 2.45) is 0 Å². The number of carboxylic acids is 1. The van der Waals surface area contributed by atoms with E-state index < -0.39 is 24.3 Å². The van der Waals surface area contributed by atoms with Crippen LogP contribution in [0.1, 0.15) is 34.0 Å². The monoisotopic (exact) mass is 459 g/mol. The highest BCUT2D eigenvalue weighted by Crippen LogP contribution is 2.29. The average molecular weight is 459 g/mol. The molecule has 1 unspecified atom stereocenters. The van der Waals surface area contributed by atoms with Crippen molar-refractivity contribution in [3.63, 3.8) is 0 Å². The van der Waals surface area contributed by atoms with Crippen molar-refractivity contribution in [2.45, 2.75) is 18.9 Å². The van der Waals surface area contributed by atoms with Crippen LogP contribution >= 0.6 is 0 Å². The van der Waals surface area contributed by atoms with Gasteiger partial charge in [-0.25, -0.2) is 0 Å². The fourth-order valence-electron chi connectivity index (χ4n) is 3.13. The summed E-state index contributed by atoms with van der Waals surface area (Å²) < 4.78 is 40.9.